The van der Waals surface area contributed by atoms with E-state index in [4.69, 9.17) is 0 Å². The molecule has 1 aliphatic rings. The van der Waals surface area contributed by atoms with E-state index in [-0.39, 0.29) is 0 Å². The first kappa shape index (κ1) is 21.5. The van der Waals surface area contributed by atoms with Gasteiger partial charge in [0.15, 0.2) is 0 Å². The number of aryl methyl sites for hydroxylation is 3. The topological polar surface area (TPSA) is 53.5 Å². The summed E-state index contributed by atoms with van der Waals surface area (Å²) in [5, 5.41) is 3.09. The molecule has 0 saturated carbocycles. The van der Waals surface area contributed by atoms with Crippen molar-refractivity contribution in [3.8, 4) is 10.6 Å². The lowest BCUT2D eigenvalue weighted by Gasteiger charge is -2.36. The van der Waals surface area contributed by atoms with Crippen LogP contribution in [0.1, 0.15) is 27.9 Å². The molecule has 0 spiro atoms. The molecule has 1 aliphatic heterocycles. The van der Waals surface area contributed by atoms with Crippen LogP contribution in [0.4, 0.5) is 5.69 Å². The van der Waals surface area contributed by atoms with Crippen molar-refractivity contribution in [2.45, 2.75) is 39.0 Å². The van der Waals surface area contributed by atoms with E-state index in [2.05, 4.69) is 48.9 Å². The van der Waals surface area contributed by atoms with Gasteiger partial charge in [0, 0.05) is 42.1 Å². The van der Waals surface area contributed by atoms with E-state index in [0.717, 1.165) is 26.9 Å². The maximum absolute atomic E-state index is 13.4. The Morgan fingerprint density at radius 3 is 2.50 bits per heavy atom. The quantitative estimate of drug-likeness (QED) is 0.544. The van der Waals surface area contributed by atoms with Gasteiger partial charge < -0.3 is 4.90 Å². The van der Waals surface area contributed by atoms with E-state index in [1.807, 2.05) is 12.3 Å². The Bertz CT molecular complexity index is 1160. The van der Waals surface area contributed by atoms with Gasteiger partial charge in [0.05, 0.1) is 20.5 Å². The van der Waals surface area contributed by atoms with E-state index in [1.54, 1.807) is 21.7 Å². The van der Waals surface area contributed by atoms with Gasteiger partial charge in [0.25, 0.3) is 0 Å². The Morgan fingerprint density at radius 2 is 1.83 bits per heavy atom. The summed E-state index contributed by atoms with van der Waals surface area (Å²) >= 11 is 3.14. The molecule has 0 atom stereocenters. The molecule has 1 fully saturated rings. The molecule has 0 amide bonds. The summed E-state index contributed by atoms with van der Waals surface area (Å²) in [5.41, 5.74) is 4.61. The Hall–Kier alpha value is -1.74. The van der Waals surface area contributed by atoms with Crippen molar-refractivity contribution in [3.63, 3.8) is 0 Å². The molecule has 0 radical (unpaired) electrons. The highest BCUT2D eigenvalue weighted by molar-refractivity contribution is 7.89. The van der Waals surface area contributed by atoms with Crippen LogP contribution in [0.25, 0.3) is 10.6 Å². The molecule has 0 unspecified atom stereocenters. The fourth-order valence-corrected chi connectivity index (χ4v) is 7.58. The van der Waals surface area contributed by atoms with Crippen LogP contribution in [0.2, 0.25) is 0 Å². The van der Waals surface area contributed by atoms with Crippen LogP contribution in [0.3, 0.4) is 0 Å². The van der Waals surface area contributed by atoms with Crippen LogP contribution in [-0.4, -0.2) is 43.9 Å². The molecule has 5 nitrogen and oxygen atoms in total. The van der Waals surface area contributed by atoms with Crippen LogP contribution in [0.15, 0.2) is 34.5 Å². The molecule has 2 aromatic heterocycles. The first-order valence-electron chi connectivity index (χ1n) is 10.2. The number of benzene rings is 1. The summed E-state index contributed by atoms with van der Waals surface area (Å²) in [6.07, 6.45) is 0.894. The van der Waals surface area contributed by atoms with Crippen LogP contribution in [0, 0.1) is 20.8 Å². The standard InChI is InChI=1S/C22H27N3O2S3/c1-5-22-23-18(14-28-22)20-13-21(17(4)29-20)30(26,27)25-11-9-24(10-12-25)19-8-6-7-15(2)16(19)3/h6-8,13-14H,5,9-12H2,1-4H3. The SMILES string of the molecule is CCc1nc(-c2cc(S(=O)(=O)N3CCN(c4cccc(C)c4C)CC3)c(C)s2)cs1. The maximum atomic E-state index is 13.4. The van der Waals surface area contributed by atoms with Crippen molar-refractivity contribution in [3.05, 3.63) is 50.7 Å². The fraction of sp³-hybridized carbons (Fsp3) is 0.409. The van der Waals surface area contributed by atoms with Crippen LogP contribution in [-0.2, 0) is 16.4 Å². The van der Waals surface area contributed by atoms with Crippen molar-refractivity contribution in [1.82, 2.24) is 9.29 Å². The van der Waals surface area contributed by atoms with Gasteiger partial charge in [-0.3, -0.25) is 0 Å². The highest BCUT2D eigenvalue weighted by Crippen LogP contribution is 2.36. The summed E-state index contributed by atoms with van der Waals surface area (Å²) in [5.74, 6) is 0. The lowest BCUT2D eigenvalue weighted by molar-refractivity contribution is 0.384. The molecule has 1 aromatic carbocycles. The van der Waals surface area contributed by atoms with Crippen molar-refractivity contribution in [2.75, 3.05) is 31.1 Å². The van der Waals surface area contributed by atoms with E-state index >= 15 is 0 Å². The monoisotopic (exact) mass is 461 g/mol. The second kappa shape index (κ2) is 8.42. The van der Waals surface area contributed by atoms with Gasteiger partial charge in [-0.1, -0.05) is 19.1 Å². The third-order valence-electron chi connectivity index (χ3n) is 5.75. The predicted octanol–water partition coefficient (Wildman–Crippen LogP) is 4.87. The number of nitrogens with zero attached hydrogens (tertiary/aromatic N) is 3. The normalized spacial score (nSPS) is 15.7. The first-order valence-corrected chi connectivity index (χ1v) is 13.3. The van der Waals surface area contributed by atoms with Gasteiger partial charge in [-0.25, -0.2) is 13.4 Å². The van der Waals surface area contributed by atoms with Gasteiger partial charge in [0.2, 0.25) is 10.0 Å². The average molecular weight is 462 g/mol. The molecule has 30 heavy (non-hydrogen) atoms. The molecular formula is C22H27N3O2S3. The van der Waals surface area contributed by atoms with Crippen LogP contribution < -0.4 is 4.90 Å². The number of sulfonamides is 1. The maximum Gasteiger partial charge on any atom is 0.244 e. The van der Waals surface area contributed by atoms with E-state index < -0.39 is 10.0 Å². The summed E-state index contributed by atoms with van der Waals surface area (Å²) in [6, 6.07) is 8.11. The summed E-state index contributed by atoms with van der Waals surface area (Å²) in [4.78, 5) is 9.09. The molecule has 160 valence electrons. The zero-order valence-electron chi connectivity index (χ0n) is 17.8. The van der Waals surface area contributed by atoms with Crippen LogP contribution in [0.5, 0.6) is 0 Å². The number of thiophene rings is 1. The highest BCUT2D eigenvalue weighted by Gasteiger charge is 2.31. The molecule has 0 bridgehead atoms. The van der Waals surface area contributed by atoms with Crippen molar-refractivity contribution in [2.24, 2.45) is 0 Å². The summed E-state index contributed by atoms with van der Waals surface area (Å²) < 4.78 is 28.4. The molecule has 0 N–H and O–H groups in total. The fourth-order valence-electron chi connectivity index (χ4n) is 3.82. The van der Waals surface area contributed by atoms with Gasteiger partial charge in [0.1, 0.15) is 0 Å². The number of anilines is 1. The number of rotatable bonds is 5. The van der Waals surface area contributed by atoms with Gasteiger partial charge in [-0.2, -0.15) is 4.31 Å². The van der Waals surface area contributed by atoms with E-state index in [1.165, 1.54) is 28.2 Å². The number of thiazole rings is 1. The summed E-state index contributed by atoms with van der Waals surface area (Å²) in [7, 11) is -3.51. The predicted molar refractivity (Wildman–Crippen MR) is 126 cm³/mol. The Balaban J connectivity index is 1.53. The zero-order chi connectivity index (χ0) is 21.5. The molecule has 1 saturated heterocycles. The lowest BCUT2D eigenvalue weighted by atomic mass is 10.1. The van der Waals surface area contributed by atoms with E-state index in [9.17, 15) is 8.42 Å². The molecule has 8 heteroatoms. The minimum atomic E-state index is -3.51. The second-order valence-corrected chi connectivity index (χ2v) is 11.7. The van der Waals surface area contributed by atoms with Gasteiger partial charge >= 0.3 is 0 Å². The highest BCUT2D eigenvalue weighted by atomic mass is 32.2. The minimum Gasteiger partial charge on any atom is -0.369 e. The third kappa shape index (κ3) is 3.93. The minimum absolute atomic E-state index is 0.425. The third-order valence-corrected chi connectivity index (χ3v) is 9.97. The molecular weight excluding hydrogens is 434 g/mol. The van der Waals surface area contributed by atoms with Gasteiger partial charge in [-0.05, 0) is 50.5 Å². The van der Waals surface area contributed by atoms with Gasteiger partial charge in [-0.15, -0.1) is 22.7 Å². The average Bonchev–Trinajstić information content (AvgIpc) is 3.37. The van der Waals surface area contributed by atoms with E-state index in [0.29, 0.717) is 31.1 Å². The molecule has 0 aliphatic carbocycles. The van der Waals surface area contributed by atoms with Crippen molar-refractivity contribution in [1.29, 1.82) is 0 Å². The summed E-state index contributed by atoms with van der Waals surface area (Å²) in [6.45, 7) is 10.6. The first-order chi connectivity index (χ1) is 14.3. The number of aromatic nitrogens is 1. The molecule has 4 rings (SSSR count). The van der Waals surface area contributed by atoms with Crippen molar-refractivity contribution >= 4 is 38.4 Å². The lowest BCUT2D eigenvalue weighted by Crippen LogP contribution is -2.48. The van der Waals surface area contributed by atoms with Crippen molar-refractivity contribution < 1.29 is 8.42 Å². The molecule has 3 aromatic rings. The zero-order valence-corrected chi connectivity index (χ0v) is 20.3. The Kier molecular flexibility index (Phi) is 6.03. The Labute approximate surface area is 187 Å². The molecule has 3 heterocycles. The Morgan fingerprint density at radius 1 is 1.10 bits per heavy atom. The second-order valence-electron chi connectivity index (χ2n) is 7.62. The number of piperazine rings is 1. The smallest absolute Gasteiger partial charge is 0.244 e. The number of hydrogen-bond acceptors (Lipinski definition) is 6. The van der Waals surface area contributed by atoms with Crippen LogP contribution >= 0.6 is 22.7 Å². The number of hydrogen-bond donors (Lipinski definition) is 0. The largest absolute Gasteiger partial charge is 0.369 e.